The van der Waals surface area contributed by atoms with Crippen molar-refractivity contribution < 1.29 is 19.2 Å². The standard InChI is InChI=1S/C45H55N11O5S/c1-28-35-26-48-44(52-41(35)56(32-13-8-9-14-32)43(61)40(28)30(3)57)51-37-19-18-33(25-47-37)55-23-21-54(22-24-55)27-39(59)46-20-12-6-5-7-17-38(58)50-36-16-11-10-15-34(36)42(60)53-45-49-29(2)31(4)62-45/h10-11,15-16,18-19,25-26,32H,5-9,12-14,17,20-24,27H2,1-4H3,(H,46,59)(H,50,58)(H,49,53,60)(H,47,48,51,52). The highest BCUT2D eigenvalue weighted by molar-refractivity contribution is 7.15. The zero-order valence-electron chi connectivity index (χ0n) is 35.9. The van der Waals surface area contributed by atoms with Crippen molar-refractivity contribution in [1.29, 1.82) is 0 Å². The summed E-state index contributed by atoms with van der Waals surface area (Å²) in [7, 11) is 0. The third-order valence-electron chi connectivity index (χ3n) is 11.7. The first-order chi connectivity index (χ1) is 29.9. The minimum absolute atomic E-state index is 0.000885. The number of aromatic nitrogens is 5. The topological polar surface area (TPSA) is 196 Å². The number of hydrogen-bond donors (Lipinski definition) is 4. The fourth-order valence-corrected chi connectivity index (χ4v) is 8.99. The van der Waals surface area contributed by atoms with E-state index in [0.717, 1.165) is 87.4 Å². The average Bonchev–Trinajstić information content (AvgIpc) is 3.89. The minimum Gasteiger partial charge on any atom is -0.368 e. The van der Waals surface area contributed by atoms with E-state index in [1.54, 1.807) is 42.0 Å². The number of benzene rings is 1. The van der Waals surface area contributed by atoms with Crippen molar-refractivity contribution in [2.75, 3.05) is 60.1 Å². The molecule has 1 aliphatic heterocycles. The van der Waals surface area contributed by atoms with Gasteiger partial charge in [0.05, 0.1) is 40.9 Å². The molecule has 4 aromatic heterocycles. The molecule has 0 unspecified atom stereocenters. The van der Waals surface area contributed by atoms with Crippen molar-refractivity contribution in [3.8, 4) is 0 Å². The van der Waals surface area contributed by atoms with E-state index in [1.807, 2.05) is 32.2 Å². The van der Waals surface area contributed by atoms with E-state index < -0.39 is 0 Å². The maximum Gasteiger partial charge on any atom is 0.263 e. The third-order valence-corrected chi connectivity index (χ3v) is 12.7. The monoisotopic (exact) mass is 861 g/mol. The van der Waals surface area contributed by atoms with Crippen LogP contribution in [0.5, 0.6) is 0 Å². The molecular weight excluding hydrogens is 807 g/mol. The number of unbranched alkanes of at least 4 members (excludes halogenated alkanes) is 3. The quantitative estimate of drug-likeness (QED) is 0.0571. The number of nitrogens with zero attached hydrogens (tertiary/aromatic N) is 7. The Morgan fingerprint density at radius 1 is 0.839 bits per heavy atom. The molecule has 0 bridgehead atoms. The zero-order valence-corrected chi connectivity index (χ0v) is 36.7. The van der Waals surface area contributed by atoms with Crippen LogP contribution in [0, 0.1) is 20.8 Å². The summed E-state index contributed by atoms with van der Waals surface area (Å²) in [5.41, 5.74) is 3.76. The van der Waals surface area contributed by atoms with Gasteiger partial charge in [-0.25, -0.2) is 15.0 Å². The molecule has 326 valence electrons. The smallest absolute Gasteiger partial charge is 0.263 e. The molecule has 16 nitrogen and oxygen atoms in total. The van der Waals surface area contributed by atoms with Crippen LogP contribution in [0.2, 0.25) is 0 Å². The van der Waals surface area contributed by atoms with Gasteiger partial charge in [0.25, 0.3) is 11.5 Å². The number of para-hydroxylation sites is 1. The summed E-state index contributed by atoms with van der Waals surface area (Å²) in [6, 6.07) is 10.8. The van der Waals surface area contributed by atoms with Gasteiger partial charge in [-0.15, -0.1) is 11.3 Å². The van der Waals surface area contributed by atoms with Crippen molar-refractivity contribution in [2.24, 2.45) is 0 Å². The molecule has 2 aliphatic rings. The number of pyridine rings is 2. The van der Waals surface area contributed by atoms with Crippen molar-refractivity contribution in [3.05, 3.63) is 86.4 Å². The predicted molar refractivity (Wildman–Crippen MR) is 243 cm³/mol. The second-order valence-corrected chi connectivity index (χ2v) is 17.3. The number of Topliss-reactive ketones (excluding diaryl/α,β-unsaturated/α-hetero) is 1. The Morgan fingerprint density at radius 3 is 2.31 bits per heavy atom. The van der Waals surface area contributed by atoms with Crippen molar-refractivity contribution in [1.82, 2.24) is 34.7 Å². The lowest BCUT2D eigenvalue weighted by Gasteiger charge is -2.35. The number of amides is 3. The highest BCUT2D eigenvalue weighted by Crippen LogP contribution is 2.32. The largest absolute Gasteiger partial charge is 0.368 e. The fourth-order valence-electron chi connectivity index (χ4n) is 8.18. The Kier molecular flexibility index (Phi) is 14.3. The Hall–Kier alpha value is -6.07. The van der Waals surface area contributed by atoms with Gasteiger partial charge in [-0.3, -0.25) is 38.8 Å². The van der Waals surface area contributed by atoms with Gasteiger partial charge in [0.15, 0.2) is 10.9 Å². The summed E-state index contributed by atoms with van der Waals surface area (Å²) in [5, 5.41) is 13.2. The number of hydrogen-bond acceptors (Lipinski definition) is 13. The fraction of sp³-hybridized carbons (Fsp3) is 0.444. The summed E-state index contributed by atoms with van der Waals surface area (Å²) >= 11 is 1.42. The molecule has 3 amide bonds. The molecule has 2 fully saturated rings. The maximum atomic E-state index is 13.6. The van der Waals surface area contributed by atoms with Gasteiger partial charge >= 0.3 is 0 Å². The van der Waals surface area contributed by atoms with Crippen LogP contribution < -0.4 is 31.7 Å². The molecule has 4 N–H and O–H groups in total. The summed E-state index contributed by atoms with van der Waals surface area (Å²) in [5.74, 6) is 0.180. The molecule has 5 heterocycles. The lowest BCUT2D eigenvalue weighted by Crippen LogP contribution is -2.49. The normalized spacial score (nSPS) is 14.5. The second kappa shape index (κ2) is 20.2. The summed E-state index contributed by atoms with van der Waals surface area (Å²) in [6.07, 6.45) is 10.9. The minimum atomic E-state index is -0.320. The number of piperazine rings is 1. The Labute approximate surface area is 365 Å². The number of anilines is 5. The number of carbonyl (C=O) groups excluding carboxylic acids is 4. The van der Waals surface area contributed by atoms with E-state index in [4.69, 9.17) is 4.98 Å². The van der Waals surface area contributed by atoms with Crippen LogP contribution in [0.3, 0.4) is 0 Å². The SMILES string of the molecule is CC(=O)c1c(C)c2cnc(Nc3ccc(N4CCN(CC(=O)NCCCCCCC(=O)Nc5ccccc5C(=O)Nc5nc(C)c(C)s5)CC4)cn3)nc2n(C2CCCC2)c1=O. The average molecular weight is 862 g/mol. The van der Waals surface area contributed by atoms with E-state index in [9.17, 15) is 24.0 Å². The molecule has 1 saturated heterocycles. The Balaban J connectivity index is 0.795. The number of aryl methyl sites for hydroxylation is 3. The molecule has 5 aromatic rings. The number of fused-ring (bicyclic) bond motifs is 1. The number of ketones is 1. The van der Waals surface area contributed by atoms with E-state index in [0.29, 0.717) is 70.7 Å². The van der Waals surface area contributed by atoms with Crippen LogP contribution in [0.25, 0.3) is 11.0 Å². The number of rotatable bonds is 17. The summed E-state index contributed by atoms with van der Waals surface area (Å²) < 4.78 is 1.70. The van der Waals surface area contributed by atoms with Crippen LogP contribution in [0.4, 0.5) is 28.3 Å². The predicted octanol–water partition coefficient (Wildman–Crippen LogP) is 6.71. The first kappa shape index (κ1) is 44.0. The molecule has 17 heteroatoms. The lowest BCUT2D eigenvalue weighted by atomic mass is 10.0. The van der Waals surface area contributed by atoms with Gasteiger partial charge in [0.1, 0.15) is 11.5 Å². The van der Waals surface area contributed by atoms with E-state index in [1.165, 1.54) is 18.3 Å². The maximum absolute atomic E-state index is 13.6. The molecule has 0 spiro atoms. The van der Waals surface area contributed by atoms with Gasteiger partial charge in [-0.1, -0.05) is 37.8 Å². The van der Waals surface area contributed by atoms with Gasteiger partial charge < -0.3 is 20.9 Å². The molecule has 1 aromatic carbocycles. The number of thiazole rings is 1. The van der Waals surface area contributed by atoms with Crippen LogP contribution in [0.1, 0.15) is 108 Å². The number of carbonyl (C=O) groups is 4. The molecule has 1 saturated carbocycles. The first-order valence-corrected chi connectivity index (χ1v) is 22.3. The van der Waals surface area contributed by atoms with E-state index >= 15 is 0 Å². The van der Waals surface area contributed by atoms with Crippen molar-refractivity contribution in [3.63, 3.8) is 0 Å². The van der Waals surface area contributed by atoms with E-state index in [2.05, 4.69) is 46.0 Å². The van der Waals surface area contributed by atoms with E-state index in [-0.39, 0.29) is 40.7 Å². The zero-order chi connectivity index (χ0) is 43.8. The Bertz CT molecular complexity index is 2470. The molecule has 0 radical (unpaired) electrons. The van der Waals surface area contributed by atoms with Gasteiger partial charge in [-0.05, 0) is 83.2 Å². The molecule has 0 atom stereocenters. The second-order valence-electron chi connectivity index (χ2n) is 16.1. The van der Waals surface area contributed by atoms with Crippen molar-refractivity contribution >= 4 is 74.1 Å². The van der Waals surface area contributed by atoms with Crippen LogP contribution in [0.15, 0.2) is 53.6 Å². The summed E-state index contributed by atoms with van der Waals surface area (Å²) in [6.45, 7) is 11.0. The molecule has 62 heavy (non-hydrogen) atoms. The molecule has 7 rings (SSSR count). The van der Waals surface area contributed by atoms with Crippen LogP contribution >= 0.6 is 11.3 Å². The van der Waals surface area contributed by atoms with Gasteiger partial charge in [0, 0.05) is 61.6 Å². The summed E-state index contributed by atoms with van der Waals surface area (Å²) in [4.78, 5) is 88.1. The highest BCUT2D eigenvalue weighted by Gasteiger charge is 2.26. The lowest BCUT2D eigenvalue weighted by molar-refractivity contribution is -0.122. The van der Waals surface area contributed by atoms with Crippen LogP contribution in [-0.2, 0) is 9.59 Å². The van der Waals surface area contributed by atoms with Gasteiger partial charge in [0.2, 0.25) is 17.8 Å². The third kappa shape index (κ3) is 10.7. The highest BCUT2D eigenvalue weighted by atomic mass is 32.1. The van der Waals surface area contributed by atoms with Crippen LogP contribution in [-0.4, -0.2) is 92.2 Å². The van der Waals surface area contributed by atoms with Gasteiger partial charge in [-0.2, -0.15) is 4.98 Å². The van der Waals surface area contributed by atoms with Crippen molar-refractivity contribution in [2.45, 2.75) is 91.5 Å². The molecule has 1 aliphatic carbocycles. The first-order valence-electron chi connectivity index (χ1n) is 21.5. The Morgan fingerprint density at radius 2 is 1.60 bits per heavy atom. The number of nitrogens with one attached hydrogen (secondary N) is 4. The molecular formula is C45H55N11O5S.